The first-order chi connectivity index (χ1) is 15.2. The summed E-state index contributed by atoms with van der Waals surface area (Å²) in [5, 5.41) is 56.9. The van der Waals surface area contributed by atoms with Gasteiger partial charge in [0, 0.05) is 0 Å². The predicted octanol–water partition coefficient (Wildman–Crippen LogP) is 0.0732. The molecule has 0 aliphatic rings. The fraction of sp³-hybridized carbons (Fsp3) is 1.00. The van der Waals surface area contributed by atoms with E-state index in [-0.39, 0.29) is 0 Å². The van der Waals surface area contributed by atoms with Crippen LogP contribution < -0.4 is 5.02 Å². The van der Waals surface area contributed by atoms with Crippen LogP contribution in [0.4, 0.5) is 17.3 Å². The maximum atomic E-state index is 10.1. The molecule has 17 heteroatoms. The van der Waals surface area contributed by atoms with Crippen molar-refractivity contribution < 1.29 is 61.9 Å². The minimum atomic E-state index is -2.92. The first-order valence-corrected chi connectivity index (χ1v) is 11.0. The SMILES string of the molecule is CCCC[N+](CCCC)(CCCC)CCCC.OB(O)F.OB(O)F.OB(O)F.[O-]B(O)F. The Bertz CT molecular complexity index is 274. The van der Waals surface area contributed by atoms with Gasteiger partial charge in [0.25, 0.3) is 0 Å². The lowest BCUT2D eigenvalue weighted by molar-refractivity contribution is -0.929. The molecule has 0 aliphatic carbocycles. The molecule has 0 aromatic rings. The van der Waals surface area contributed by atoms with E-state index in [1.165, 1.54) is 82.0 Å². The van der Waals surface area contributed by atoms with Crippen LogP contribution in [0.2, 0.25) is 0 Å². The second-order valence-corrected chi connectivity index (χ2v) is 6.87. The molecule has 0 saturated carbocycles. The van der Waals surface area contributed by atoms with E-state index in [1.54, 1.807) is 0 Å². The number of quaternary nitrogens is 1. The van der Waals surface area contributed by atoms with Gasteiger partial charge in [0.2, 0.25) is 0 Å². The molecule has 0 saturated heterocycles. The van der Waals surface area contributed by atoms with Gasteiger partial charge in [-0.05, 0) is 25.7 Å². The Hall–Kier alpha value is -0.380. The van der Waals surface area contributed by atoms with Crippen LogP contribution in [0.3, 0.4) is 0 Å². The van der Waals surface area contributed by atoms with Gasteiger partial charge in [-0.15, -0.1) is 0 Å². The van der Waals surface area contributed by atoms with E-state index in [1.807, 2.05) is 0 Å². The highest BCUT2D eigenvalue weighted by molar-refractivity contribution is 6.32. The van der Waals surface area contributed by atoms with Gasteiger partial charge < -0.3 is 49.0 Å². The van der Waals surface area contributed by atoms with E-state index in [0.29, 0.717) is 0 Å². The van der Waals surface area contributed by atoms with Crippen LogP contribution in [0.1, 0.15) is 79.1 Å². The van der Waals surface area contributed by atoms with Gasteiger partial charge in [-0.3, -0.25) is 12.9 Å². The molecule has 0 atom stereocenters. The summed E-state index contributed by atoms with van der Waals surface area (Å²) in [5.41, 5.74) is 0. The average Bonchev–Trinajstić information content (AvgIpc) is 2.65. The third-order valence-electron chi connectivity index (χ3n) is 3.94. The van der Waals surface area contributed by atoms with Crippen molar-refractivity contribution in [1.29, 1.82) is 0 Å². The van der Waals surface area contributed by atoms with Gasteiger partial charge in [-0.2, -0.15) is 0 Å². The molecule has 0 aromatic heterocycles. The molecule has 0 spiro atoms. The normalized spacial score (nSPS) is 9.45. The molecule has 0 amide bonds. The lowest BCUT2D eigenvalue weighted by Gasteiger charge is -2.39. The average molecular weight is 497 g/mol. The summed E-state index contributed by atoms with van der Waals surface area (Å²) >= 11 is 0. The quantitative estimate of drug-likeness (QED) is 0.113. The van der Waals surface area contributed by atoms with E-state index in [0.717, 1.165) is 0 Å². The van der Waals surface area contributed by atoms with Gasteiger partial charge in [-0.25, -0.2) is 0 Å². The lowest BCUT2D eigenvalue weighted by Crippen LogP contribution is -2.50. The minimum absolute atomic E-state index is 1.35. The summed E-state index contributed by atoms with van der Waals surface area (Å²) in [6.07, 6.45) is 11.1. The fourth-order valence-electron chi connectivity index (χ4n) is 2.64. The first-order valence-electron chi connectivity index (χ1n) is 11.0. The molecule has 200 valence electrons. The Morgan fingerprint density at radius 3 is 0.727 bits per heavy atom. The highest BCUT2D eigenvalue weighted by atomic mass is 19.1. The van der Waals surface area contributed by atoms with E-state index in [2.05, 4.69) is 27.7 Å². The number of halogens is 4. The van der Waals surface area contributed by atoms with E-state index in [9.17, 15) is 17.3 Å². The molecule has 0 radical (unpaired) electrons. The smallest absolute Gasteiger partial charge is 0.674 e. The third-order valence-corrected chi connectivity index (χ3v) is 3.94. The van der Waals surface area contributed by atoms with Crippen molar-refractivity contribution in [2.75, 3.05) is 26.2 Å². The largest absolute Gasteiger partial charge is 0.828 e. The van der Waals surface area contributed by atoms with Crippen LogP contribution in [0.15, 0.2) is 0 Å². The Labute approximate surface area is 197 Å². The van der Waals surface area contributed by atoms with Crippen LogP contribution in [0.25, 0.3) is 0 Å². The van der Waals surface area contributed by atoms with Gasteiger partial charge in [0.1, 0.15) is 0 Å². The predicted molar refractivity (Wildman–Crippen MR) is 122 cm³/mol. The van der Waals surface area contributed by atoms with Crippen LogP contribution in [0, 0.1) is 0 Å². The van der Waals surface area contributed by atoms with Crippen molar-refractivity contribution in [1.82, 2.24) is 0 Å². The second kappa shape index (κ2) is 33.8. The molecule has 33 heavy (non-hydrogen) atoms. The number of hydrogen-bond donors (Lipinski definition) is 7. The van der Waals surface area contributed by atoms with E-state index in [4.69, 9.17) is 40.2 Å². The zero-order valence-electron chi connectivity index (χ0n) is 20.3. The van der Waals surface area contributed by atoms with E-state index < -0.39 is 29.6 Å². The molecule has 0 bridgehead atoms. The van der Waals surface area contributed by atoms with Gasteiger partial charge in [-0.1, -0.05) is 53.4 Å². The highest BCUT2D eigenvalue weighted by Crippen LogP contribution is 2.16. The second-order valence-electron chi connectivity index (χ2n) is 6.87. The van der Waals surface area contributed by atoms with Crippen LogP contribution in [0.5, 0.6) is 0 Å². The van der Waals surface area contributed by atoms with Gasteiger partial charge >= 0.3 is 29.6 Å². The molecule has 0 aliphatic heterocycles. The number of rotatable bonds is 12. The summed E-state index contributed by atoms with van der Waals surface area (Å²) in [4.78, 5) is 0. The number of unbranched alkanes of at least 4 members (excludes halogenated alkanes) is 4. The van der Waals surface area contributed by atoms with Crippen molar-refractivity contribution in [2.45, 2.75) is 79.1 Å². The van der Waals surface area contributed by atoms with Gasteiger partial charge in [0.15, 0.2) is 0 Å². The Kier molecular flexibility index (Phi) is 43.8. The number of nitrogens with zero attached hydrogens (tertiary/aromatic N) is 1. The van der Waals surface area contributed by atoms with Crippen LogP contribution in [-0.4, -0.2) is 95.4 Å². The molecule has 7 N–H and O–H groups in total. The third kappa shape index (κ3) is 72.1. The summed E-state index contributed by atoms with van der Waals surface area (Å²) in [7, 11) is -10.9. The molecule has 0 fully saturated rings. The van der Waals surface area contributed by atoms with Crippen LogP contribution in [-0.2, 0) is 0 Å². The van der Waals surface area contributed by atoms with Crippen molar-refractivity contribution >= 4 is 29.6 Å². The van der Waals surface area contributed by atoms with Gasteiger partial charge in [0.05, 0.1) is 26.2 Å². The highest BCUT2D eigenvalue weighted by Gasteiger charge is 2.24. The monoisotopic (exact) mass is 497 g/mol. The standard InChI is InChI=1S/C16H36N.3BFH2O2.BFHO2/c1-5-9-13-17(14-10-6-2,15-11-7-3)16-12-8-4;4*2-1(3)4/h5-16H2,1-4H3;3*3-4H;3H/q+1;;;;-1. The fourth-order valence-corrected chi connectivity index (χ4v) is 2.64. The van der Waals surface area contributed by atoms with E-state index >= 15 is 0 Å². The van der Waals surface area contributed by atoms with Crippen molar-refractivity contribution in [3.05, 3.63) is 0 Å². The lowest BCUT2D eigenvalue weighted by atomic mass is 10.1. The summed E-state index contributed by atoms with van der Waals surface area (Å²) in [6, 6.07) is 0. The zero-order valence-corrected chi connectivity index (χ0v) is 20.3. The molecule has 0 heterocycles. The molecule has 0 rings (SSSR count). The maximum absolute atomic E-state index is 10.1. The Morgan fingerprint density at radius 2 is 0.636 bits per heavy atom. The zero-order chi connectivity index (χ0) is 27.3. The van der Waals surface area contributed by atoms with Crippen molar-refractivity contribution in [2.24, 2.45) is 0 Å². The number of hydrogen-bond acceptors (Lipinski definition) is 8. The molecular weight excluding hydrogens is 453 g/mol. The van der Waals surface area contributed by atoms with Crippen molar-refractivity contribution in [3.8, 4) is 0 Å². The van der Waals surface area contributed by atoms with Crippen LogP contribution >= 0.6 is 0 Å². The first kappa shape index (κ1) is 42.8. The van der Waals surface area contributed by atoms with Crippen molar-refractivity contribution in [3.63, 3.8) is 0 Å². The topological polar surface area (TPSA) is 165 Å². The Balaban J connectivity index is -0.000000132. The summed E-state index contributed by atoms with van der Waals surface area (Å²) in [5.74, 6) is 0. The minimum Gasteiger partial charge on any atom is -0.828 e. The molecule has 0 unspecified atom stereocenters. The molecular formula is C16H43B4F4NO8. The molecule has 9 nitrogen and oxygen atoms in total. The Morgan fingerprint density at radius 1 is 0.515 bits per heavy atom. The maximum Gasteiger partial charge on any atom is 0.674 e. The molecule has 0 aromatic carbocycles. The summed E-state index contributed by atoms with van der Waals surface area (Å²) < 4.78 is 41.8. The summed E-state index contributed by atoms with van der Waals surface area (Å²) in [6.45, 7) is 15.0.